The molecule has 1 aromatic rings. The molecule has 0 unspecified atom stereocenters. The number of benzene rings is 1. The smallest absolute Gasteiger partial charge is 0.124 e. The van der Waals surface area contributed by atoms with E-state index in [1.54, 1.807) is 7.11 Å². The zero-order chi connectivity index (χ0) is 12.1. The SMILES string of the molecule is COCCc1ccc(O[C@H]2CCC[C@@H]2O)cc1. The van der Waals surface area contributed by atoms with Crippen LogP contribution in [0.2, 0.25) is 0 Å². The second-order valence-electron chi connectivity index (χ2n) is 4.54. The van der Waals surface area contributed by atoms with Gasteiger partial charge in [-0.1, -0.05) is 12.1 Å². The van der Waals surface area contributed by atoms with E-state index in [-0.39, 0.29) is 12.2 Å². The van der Waals surface area contributed by atoms with Gasteiger partial charge in [0.05, 0.1) is 12.7 Å². The van der Waals surface area contributed by atoms with E-state index in [1.165, 1.54) is 5.56 Å². The average Bonchev–Trinajstić information content (AvgIpc) is 2.74. The molecule has 1 aliphatic rings. The fourth-order valence-electron chi connectivity index (χ4n) is 2.17. The first-order valence-electron chi connectivity index (χ1n) is 6.22. The van der Waals surface area contributed by atoms with Crippen LogP contribution in [0.5, 0.6) is 5.75 Å². The molecular weight excluding hydrogens is 216 g/mol. The fourth-order valence-corrected chi connectivity index (χ4v) is 2.17. The molecule has 0 aliphatic heterocycles. The topological polar surface area (TPSA) is 38.7 Å². The van der Waals surface area contributed by atoms with Crippen molar-refractivity contribution in [2.75, 3.05) is 13.7 Å². The van der Waals surface area contributed by atoms with Gasteiger partial charge in [0, 0.05) is 7.11 Å². The van der Waals surface area contributed by atoms with Gasteiger partial charge in [0.2, 0.25) is 0 Å². The molecule has 3 heteroatoms. The number of aliphatic hydroxyl groups excluding tert-OH is 1. The lowest BCUT2D eigenvalue weighted by molar-refractivity contribution is 0.0604. The Kier molecular flexibility index (Phi) is 4.40. The molecule has 1 N–H and O–H groups in total. The van der Waals surface area contributed by atoms with Crippen LogP contribution in [0.25, 0.3) is 0 Å². The quantitative estimate of drug-likeness (QED) is 0.851. The summed E-state index contributed by atoms with van der Waals surface area (Å²) in [6.45, 7) is 0.738. The summed E-state index contributed by atoms with van der Waals surface area (Å²) in [7, 11) is 1.71. The van der Waals surface area contributed by atoms with Gasteiger partial charge >= 0.3 is 0 Å². The molecule has 2 rings (SSSR count). The highest BCUT2D eigenvalue weighted by Crippen LogP contribution is 2.24. The summed E-state index contributed by atoms with van der Waals surface area (Å²) < 4.78 is 10.8. The van der Waals surface area contributed by atoms with Crippen LogP contribution < -0.4 is 4.74 Å². The van der Waals surface area contributed by atoms with E-state index in [2.05, 4.69) is 12.1 Å². The number of aliphatic hydroxyl groups is 1. The Bertz CT molecular complexity index is 334. The average molecular weight is 236 g/mol. The lowest BCUT2D eigenvalue weighted by Crippen LogP contribution is -2.25. The van der Waals surface area contributed by atoms with Gasteiger partial charge in [0.25, 0.3) is 0 Å². The lowest BCUT2D eigenvalue weighted by atomic mass is 10.1. The molecule has 0 spiro atoms. The third-order valence-electron chi connectivity index (χ3n) is 3.22. The summed E-state index contributed by atoms with van der Waals surface area (Å²) in [5.74, 6) is 0.845. The van der Waals surface area contributed by atoms with Crippen LogP contribution in [0, 0.1) is 0 Å². The van der Waals surface area contributed by atoms with Crippen molar-refractivity contribution in [1.82, 2.24) is 0 Å². The van der Waals surface area contributed by atoms with Crippen LogP contribution in [0.1, 0.15) is 24.8 Å². The summed E-state index contributed by atoms with van der Waals surface area (Å²) in [5, 5.41) is 9.68. The molecule has 94 valence electrons. The molecule has 2 atom stereocenters. The van der Waals surface area contributed by atoms with Crippen molar-refractivity contribution >= 4 is 0 Å². The standard InChI is InChI=1S/C14H20O3/c1-16-10-9-11-5-7-12(8-6-11)17-14-4-2-3-13(14)15/h5-8,13-15H,2-4,9-10H2,1H3/t13-,14-/m0/s1. The van der Waals surface area contributed by atoms with Crippen LogP contribution in [0.15, 0.2) is 24.3 Å². The minimum absolute atomic E-state index is 0.0279. The zero-order valence-corrected chi connectivity index (χ0v) is 10.3. The monoisotopic (exact) mass is 236 g/mol. The minimum atomic E-state index is -0.303. The van der Waals surface area contributed by atoms with Crippen LogP contribution in [-0.4, -0.2) is 31.0 Å². The van der Waals surface area contributed by atoms with Crippen molar-refractivity contribution in [3.8, 4) is 5.75 Å². The Morgan fingerprint density at radius 3 is 2.59 bits per heavy atom. The number of hydrogen-bond donors (Lipinski definition) is 1. The van der Waals surface area contributed by atoms with Gasteiger partial charge < -0.3 is 14.6 Å². The maximum atomic E-state index is 9.68. The maximum Gasteiger partial charge on any atom is 0.124 e. The first-order valence-corrected chi connectivity index (χ1v) is 6.22. The van der Waals surface area contributed by atoms with E-state index in [0.29, 0.717) is 0 Å². The highest BCUT2D eigenvalue weighted by molar-refractivity contribution is 5.27. The van der Waals surface area contributed by atoms with Crippen molar-refractivity contribution in [1.29, 1.82) is 0 Å². The van der Waals surface area contributed by atoms with Crippen molar-refractivity contribution < 1.29 is 14.6 Å². The van der Waals surface area contributed by atoms with E-state index in [1.807, 2.05) is 12.1 Å². The molecule has 3 nitrogen and oxygen atoms in total. The number of ether oxygens (including phenoxy) is 2. The van der Waals surface area contributed by atoms with Crippen molar-refractivity contribution in [3.63, 3.8) is 0 Å². The molecule has 0 radical (unpaired) electrons. The van der Waals surface area contributed by atoms with Gasteiger partial charge in [-0.3, -0.25) is 0 Å². The molecule has 0 aromatic heterocycles. The first-order chi connectivity index (χ1) is 8.29. The van der Waals surface area contributed by atoms with Crippen LogP contribution in [0.3, 0.4) is 0 Å². The molecule has 17 heavy (non-hydrogen) atoms. The highest BCUT2D eigenvalue weighted by Gasteiger charge is 2.26. The summed E-state index contributed by atoms with van der Waals surface area (Å²) in [6, 6.07) is 8.04. The van der Waals surface area contributed by atoms with E-state index >= 15 is 0 Å². The van der Waals surface area contributed by atoms with Gasteiger partial charge in [0.15, 0.2) is 0 Å². The van der Waals surface area contributed by atoms with Crippen molar-refractivity contribution in [3.05, 3.63) is 29.8 Å². The summed E-state index contributed by atoms with van der Waals surface area (Å²) in [5.41, 5.74) is 1.24. The molecule has 0 heterocycles. The van der Waals surface area contributed by atoms with Crippen LogP contribution >= 0.6 is 0 Å². The van der Waals surface area contributed by atoms with E-state index in [0.717, 1.165) is 38.0 Å². The molecule has 0 amide bonds. The molecule has 1 saturated carbocycles. The van der Waals surface area contributed by atoms with Gasteiger partial charge in [0.1, 0.15) is 11.9 Å². The largest absolute Gasteiger partial charge is 0.488 e. The number of hydrogen-bond acceptors (Lipinski definition) is 3. The third kappa shape index (κ3) is 3.45. The zero-order valence-electron chi connectivity index (χ0n) is 10.3. The first kappa shape index (κ1) is 12.4. The maximum absolute atomic E-state index is 9.68. The van der Waals surface area contributed by atoms with Gasteiger partial charge in [-0.15, -0.1) is 0 Å². The Morgan fingerprint density at radius 2 is 2.00 bits per heavy atom. The Hall–Kier alpha value is -1.06. The molecule has 1 fully saturated rings. The minimum Gasteiger partial charge on any atom is -0.488 e. The summed E-state index contributed by atoms with van der Waals surface area (Å²) in [4.78, 5) is 0. The number of rotatable bonds is 5. The van der Waals surface area contributed by atoms with Crippen LogP contribution in [0.4, 0.5) is 0 Å². The highest BCUT2D eigenvalue weighted by atomic mass is 16.5. The predicted octanol–water partition coefficient (Wildman–Crippen LogP) is 2.17. The van der Waals surface area contributed by atoms with Crippen LogP contribution in [-0.2, 0) is 11.2 Å². The normalized spacial score (nSPS) is 23.9. The summed E-state index contributed by atoms with van der Waals surface area (Å²) in [6.07, 6.45) is 3.45. The Balaban J connectivity index is 1.89. The fraction of sp³-hybridized carbons (Fsp3) is 0.571. The van der Waals surface area contributed by atoms with Gasteiger partial charge in [-0.05, 0) is 43.4 Å². The van der Waals surface area contributed by atoms with Gasteiger partial charge in [-0.25, -0.2) is 0 Å². The molecule has 0 bridgehead atoms. The molecule has 0 saturated heterocycles. The predicted molar refractivity (Wildman–Crippen MR) is 66.3 cm³/mol. The van der Waals surface area contributed by atoms with Crippen molar-refractivity contribution in [2.24, 2.45) is 0 Å². The van der Waals surface area contributed by atoms with Gasteiger partial charge in [-0.2, -0.15) is 0 Å². The van der Waals surface area contributed by atoms with E-state index < -0.39 is 0 Å². The summed E-state index contributed by atoms with van der Waals surface area (Å²) >= 11 is 0. The van der Waals surface area contributed by atoms with E-state index in [9.17, 15) is 5.11 Å². The Labute approximate surface area is 102 Å². The Morgan fingerprint density at radius 1 is 1.24 bits per heavy atom. The number of methoxy groups -OCH3 is 1. The second-order valence-corrected chi connectivity index (χ2v) is 4.54. The molecular formula is C14H20O3. The molecule has 1 aliphatic carbocycles. The third-order valence-corrected chi connectivity index (χ3v) is 3.22. The van der Waals surface area contributed by atoms with E-state index in [4.69, 9.17) is 9.47 Å². The second kappa shape index (κ2) is 6.03. The van der Waals surface area contributed by atoms with Crippen molar-refractivity contribution in [2.45, 2.75) is 37.9 Å². The lowest BCUT2D eigenvalue weighted by Gasteiger charge is -2.17. The molecule has 1 aromatic carbocycles.